The highest BCUT2D eigenvalue weighted by molar-refractivity contribution is 5.79. The summed E-state index contributed by atoms with van der Waals surface area (Å²) in [4.78, 5) is 11.3. The second-order valence-corrected chi connectivity index (χ2v) is 3.64. The van der Waals surface area contributed by atoms with Gasteiger partial charge in [0, 0.05) is 13.4 Å². The SMILES string of the molecule is CC(C)NC(=O)C1CCCC1.[HH]. The molecule has 0 spiro atoms. The third-order valence-corrected chi connectivity index (χ3v) is 2.16. The molecule has 0 aromatic rings. The first-order chi connectivity index (χ1) is 5.20. The fraction of sp³-hybridized carbons (Fsp3) is 0.889. The summed E-state index contributed by atoms with van der Waals surface area (Å²) in [5.41, 5.74) is 0. The van der Waals surface area contributed by atoms with Gasteiger partial charge in [0.15, 0.2) is 0 Å². The van der Waals surface area contributed by atoms with Gasteiger partial charge in [0.25, 0.3) is 0 Å². The third-order valence-electron chi connectivity index (χ3n) is 2.16. The molecule has 11 heavy (non-hydrogen) atoms. The summed E-state index contributed by atoms with van der Waals surface area (Å²) in [6, 6.07) is 0.295. The van der Waals surface area contributed by atoms with Gasteiger partial charge in [-0.2, -0.15) is 0 Å². The van der Waals surface area contributed by atoms with Crippen LogP contribution in [0.5, 0.6) is 0 Å². The van der Waals surface area contributed by atoms with Gasteiger partial charge in [0.1, 0.15) is 0 Å². The van der Waals surface area contributed by atoms with E-state index in [1.54, 1.807) is 0 Å². The lowest BCUT2D eigenvalue weighted by molar-refractivity contribution is -0.125. The second-order valence-electron chi connectivity index (χ2n) is 3.64. The van der Waals surface area contributed by atoms with Crippen molar-refractivity contribution in [1.29, 1.82) is 0 Å². The molecule has 2 heteroatoms. The lowest BCUT2D eigenvalue weighted by atomic mass is 10.1. The summed E-state index contributed by atoms with van der Waals surface area (Å²) in [5.74, 6) is 0.579. The summed E-state index contributed by atoms with van der Waals surface area (Å²) in [6.07, 6.45) is 4.66. The molecule has 1 aliphatic rings. The van der Waals surface area contributed by atoms with Crippen molar-refractivity contribution in [2.24, 2.45) is 5.92 Å². The molecule has 1 aliphatic carbocycles. The maximum atomic E-state index is 11.3. The Labute approximate surface area is 69.8 Å². The van der Waals surface area contributed by atoms with Gasteiger partial charge in [-0.3, -0.25) is 4.79 Å². The van der Waals surface area contributed by atoms with Gasteiger partial charge in [-0.15, -0.1) is 0 Å². The molecule has 1 fully saturated rings. The van der Waals surface area contributed by atoms with Crippen LogP contribution in [0.2, 0.25) is 0 Å². The third kappa shape index (κ3) is 2.52. The molecular formula is C9H19NO. The van der Waals surface area contributed by atoms with Crippen molar-refractivity contribution in [3.63, 3.8) is 0 Å². The molecule has 0 aromatic heterocycles. The quantitative estimate of drug-likeness (QED) is 0.652. The van der Waals surface area contributed by atoms with Crippen LogP contribution < -0.4 is 5.32 Å². The number of rotatable bonds is 2. The summed E-state index contributed by atoms with van der Waals surface area (Å²) in [7, 11) is 0. The number of carbonyl (C=O) groups is 1. The largest absolute Gasteiger partial charge is 0.354 e. The smallest absolute Gasteiger partial charge is 0.223 e. The zero-order valence-electron chi connectivity index (χ0n) is 7.39. The van der Waals surface area contributed by atoms with E-state index in [4.69, 9.17) is 0 Å². The van der Waals surface area contributed by atoms with Crippen molar-refractivity contribution in [2.45, 2.75) is 45.6 Å². The Hall–Kier alpha value is -0.530. The van der Waals surface area contributed by atoms with Crippen LogP contribution in [-0.4, -0.2) is 11.9 Å². The Kier molecular flexibility index (Phi) is 2.92. The van der Waals surface area contributed by atoms with E-state index in [1.807, 2.05) is 13.8 Å². The summed E-state index contributed by atoms with van der Waals surface area (Å²) >= 11 is 0. The zero-order chi connectivity index (χ0) is 8.27. The molecule has 0 aliphatic heterocycles. The molecule has 0 radical (unpaired) electrons. The number of hydrogen-bond donors (Lipinski definition) is 1. The van der Waals surface area contributed by atoms with E-state index in [9.17, 15) is 4.79 Å². The molecule has 2 nitrogen and oxygen atoms in total. The molecule has 1 saturated carbocycles. The highest BCUT2D eigenvalue weighted by atomic mass is 16.1. The minimum Gasteiger partial charge on any atom is -0.354 e. The molecule has 0 unspecified atom stereocenters. The minimum atomic E-state index is 0. The fourth-order valence-electron chi connectivity index (χ4n) is 1.59. The molecule has 0 bridgehead atoms. The summed E-state index contributed by atoms with van der Waals surface area (Å²) < 4.78 is 0. The average Bonchev–Trinajstić information content (AvgIpc) is 2.35. The second kappa shape index (κ2) is 3.74. The molecule has 1 amide bonds. The first-order valence-corrected chi connectivity index (χ1v) is 4.50. The lowest BCUT2D eigenvalue weighted by Gasteiger charge is -2.12. The van der Waals surface area contributed by atoms with Crippen molar-refractivity contribution in [1.82, 2.24) is 5.32 Å². The molecular weight excluding hydrogens is 138 g/mol. The van der Waals surface area contributed by atoms with Gasteiger partial charge in [-0.1, -0.05) is 12.8 Å². The predicted molar refractivity (Wildman–Crippen MR) is 47.4 cm³/mol. The number of hydrogen-bond acceptors (Lipinski definition) is 1. The van der Waals surface area contributed by atoms with Crippen molar-refractivity contribution >= 4 is 5.91 Å². The maximum absolute atomic E-state index is 11.3. The van der Waals surface area contributed by atoms with E-state index in [0.717, 1.165) is 12.8 Å². The number of carbonyl (C=O) groups excluding carboxylic acids is 1. The van der Waals surface area contributed by atoms with E-state index >= 15 is 0 Å². The van der Waals surface area contributed by atoms with Gasteiger partial charge >= 0.3 is 0 Å². The van der Waals surface area contributed by atoms with Crippen LogP contribution in [-0.2, 0) is 4.79 Å². The van der Waals surface area contributed by atoms with Gasteiger partial charge in [-0.25, -0.2) is 0 Å². The standard InChI is InChI=1S/C9H17NO.H2/c1-7(2)10-9(11)8-5-3-4-6-8;/h7-8H,3-6H2,1-2H3,(H,10,11);1H. The molecule has 0 saturated heterocycles. The van der Waals surface area contributed by atoms with Crippen LogP contribution in [0, 0.1) is 5.92 Å². The predicted octanol–water partition coefficient (Wildman–Crippen LogP) is 1.95. The van der Waals surface area contributed by atoms with Crippen LogP contribution in [0.3, 0.4) is 0 Å². The Morgan fingerprint density at radius 2 is 2.00 bits per heavy atom. The number of amides is 1. The van der Waals surface area contributed by atoms with Gasteiger partial charge in [0.2, 0.25) is 5.91 Å². The first kappa shape index (κ1) is 8.57. The van der Waals surface area contributed by atoms with E-state index in [-0.39, 0.29) is 7.33 Å². The van der Waals surface area contributed by atoms with E-state index < -0.39 is 0 Å². The monoisotopic (exact) mass is 157 g/mol. The molecule has 1 N–H and O–H groups in total. The van der Waals surface area contributed by atoms with Crippen LogP contribution >= 0.6 is 0 Å². The van der Waals surface area contributed by atoms with Crippen LogP contribution in [0.25, 0.3) is 0 Å². The zero-order valence-corrected chi connectivity index (χ0v) is 7.39. The average molecular weight is 157 g/mol. The topological polar surface area (TPSA) is 29.1 Å². The summed E-state index contributed by atoms with van der Waals surface area (Å²) in [6.45, 7) is 4.01. The lowest BCUT2D eigenvalue weighted by Crippen LogP contribution is -2.34. The van der Waals surface area contributed by atoms with E-state index in [0.29, 0.717) is 12.0 Å². The Balaban J connectivity index is 0.00000121. The maximum Gasteiger partial charge on any atom is 0.223 e. The summed E-state index contributed by atoms with van der Waals surface area (Å²) in [5, 5.41) is 2.95. The van der Waals surface area contributed by atoms with Crippen molar-refractivity contribution in [3.05, 3.63) is 0 Å². The van der Waals surface area contributed by atoms with Gasteiger partial charge in [-0.05, 0) is 26.7 Å². The van der Waals surface area contributed by atoms with Crippen LogP contribution in [0.15, 0.2) is 0 Å². The molecule has 66 valence electrons. The normalized spacial score (nSPS) is 19.2. The molecule has 0 aromatic carbocycles. The van der Waals surface area contributed by atoms with Crippen molar-refractivity contribution in [2.75, 3.05) is 0 Å². The van der Waals surface area contributed by atoms with E-state index in [2.05, 4.69) is 5.32 Å². The molecule has 0 atom stereocenters. The van der Waals surface area contributed by atoms with Crippen molar-refractivity contribution in [3.8, 4) is 0 Å². The Morgan fingerprint density at radius 3 is 2.45 bits per heavy atom. The van der Waals surface area contributed by atoms with Gasteiger partial charge in [0.05, 0.1) is 0 Å². The fourth-order valence-corrected chi connectivity index (χ4v) is 1.59. The molecule has 1 rings (SSSR count). The Morgan fingerprint density at radius 1 is 1.45 bits per heavy atom. The van der Waals surface area contributed by atoms with Crippen LogP contribution in [0.1, 0.15) is 41.0 Å². The van der Waals surface area contributed by atoms with E-state index in [1.165, 1.54) is 12.8 Å². The first-order valence-electron chi connectivity index (χ1n) is 4.50. The highest BCUT2D eigenvalue weighted by Crippen LogP contribution is 2.24. The molecule has 0 heterocycles. The Bertz CT molecular complexity index is 141. The van der Waals surface area contributed by atoms with Gasteiger partial charge < -0.3 is 5.32 Å². The van der Waals surface area contributed by atoms with Crippen LogP contribution in [0.4, 0.5) is 0 Å². The minimum absolute atomic E-state index is 0. The number of nitrogens with one attached hydrogen (secondary N) is 1. The van der Waals surface area contributed by atoms with Crippen molar-refractivity contribution < 1.29 is 6.22 Å². The highest BCUT2D eigenvalue weighted by Gasteiger charge is 2.22.